The number of ether oxygens (including phenoxy) is 1. The van der Waals surface area contributed by atoms with Crippen LogP contribution < -0.4 is 10.1 Å². The summed E-state index contributed by atoms with van der Waals surface area (Å²) in [6.45, 7) is 0.639. The van der Waals surface area contributed by atoms with Gasteiger partial charge in [0.25, 0.3) is 5.91 Å². The van der Waals surface area contributed by atoms with Gasteiger partial charge in [0.05, 0.1) is 12.8 Å². The van der Waals surface area contributed by atoms with Gasteiger partial charge in [-0.1, -0.05) is 42.5 Å². The van der Waals surface area contributed by atoms with E-state index in [9.17, 15) is 4.79 Å². The van der Waals surface area contributed by atoms with Crippen LogP contribution in [0.2, 0.25) is 0 Å². The number of aromatic nitrogens is 2. The topological polar surface area (TPSA) is 64.1 Å². The normalized spacial score (nSPS) is 10.3. The summed E-state index contributed by atoms with van der Waals surface area (Å²) >= 11 is 0. The second-order valence-electron chi connectivity index (χ2n) is 5.89. The monoisotopic (exact) mass is 347 g/mol. The predicted molar refractivity (Wildman–Crippen MR) is 101 cm³/mol. The van der Waals surface area contributed by atoms with Crippen LogP contribution in [0.4, 0.5) is 0 Å². The van der Waals surface area contributed by atoms with Gasteiger partial charge in [-0.25, -0.2) is 0 Å². The van der Waals surface area contributed by atoms with E-state index in [1.165, 1.54) is 5.56 Å². The van der Waals surface area contributed by atoms with E-state index in [-0.39, 0.29) is 5.91 Å². The van der Waals surface area contributed by atoms with E-state index < -0.39 is 0 Å². The lowest BCUT2D eigenvalue weighted by molar-refractivity contribution is 0.0953. The average molecular weight is 347 g/mol. The Kier molecular flexibility index (Phi) is 5.93. The van der Waals surface area contributed by atoms with Crippen molar-refractivity contribution in [2.24, 2.45) is 0 Å². The molecule has 0 aliphatic heterocycles. The van der Waals surface area contributed by atoms with Gasteiger partial charge in [0.1, 0.15) is 0 Å². The molecule has 1 aromatic heterocycles. The van der Waals surface area contributed by atoms with Crippen molar-refractivity contribution in [2.45, 2.75) is 12.8 Å². The third-order valence-corrected chi connectivity index (χ3v) is 4.04. The van der Waals surface area contributed by atoms with Gasteiger partial charge >= 0.3 is 0 Å². The predicted octanol–water partition coefficient (Wildman–Crippen LogP) is 3.51. The molecule has 0 aliphatic carbocycles. The van der Waals surface area contributed by atoms with Gasteiger partial charge in [-0.2, -0.15) is 0 Å². The van der Waals surface area contributed by atoms with Crippen LogP contribution in [0.5, 0.6) is 5.88 Å². The van der Waals surface area contributed by atoms with E-state index in [1.54, 1.807) is 19.2 Å². The molecule has 132 valence electrons. The van der Waals surface area contributed by atoms with Crippen molar-refractivity contribution < 1.29 is 9.53 Å². The Morgan fingerprint density at radius 3 is 2.58 bits per heavy atom. The lowest BCUT2D eigenvalue weighted by atomic mass is 10.1. The molecular weight excluding hydrogens is 326 g/mol. The minimum Gasteiger partial charge on any atom is -0.480 e. The maximum Gasteiger partial charge on any atom is 0.251 e. The second-order valence-corrected chi connectivity index (χ2v) is 5.89. The Bertz CT molecular complexity index is 849. The van der Waals surface area contributed by atoms with Crippen molar-refractivity contribution in [2.75, 3.05) is 13.7 Å². The molecule has 1 amide bonds. The molecule has 0 aliphatic rings. The molecule has 5 nitrogen and oxygen atoms in total. The minimum absolute atomic E-state index is 0.0821. The van der Waals surface area contributed by atoms with Gasteiger partial charge in [-0.3, -0.25) is 4.79 Å². The molecule has 0 bridgehead atoms. The Labute approximate surface area is 153 Å². The number of rotatable bonds is 7. The highest BCUT2D eigenvalue weighted by molar-refractivity contribution is 5.95. The molecule has 3 rings (SSSR count). The number of aryl methyl sites for hydroxylation is 1. The number of carbonyl (C=O) groups excluding carboxylic acids is 1. The molecule has 0 saturated heterocycles. The molecule has 0 fully saturated rings. The molecule has 2 aromatic carbocycles. The number of nitrogens with one attached hydrogen (secondary N) is 1. The standard InChI is InChI=1S/C21H21N3O2/c1-26-20-13-12-19(23-24-20)17-10-5-11-18(15-17)21(25)22-14-6-9-16-7-3-2-4-8-16/h2-5,7-8,10-13,15H,6,9,14H2,1H3,(H,22,25). The van der Waals surface area contributed by atoms with Gasteiger partial charge in [0.2, 0.25) is 5.88 Å². The van der Waals surface area contributed by atoms with Crippen LogP contribution in [-0.4, -0.2) is 29.8 Å². The Balaban J connectivity index is 1.57. The van der Waals surface area contributed by atoms with E-state index in [0.29, 0.717) is 23.7 Å². The number of amides is 1. The summed E-state index contributed by atoms with van der Waals surface area (Å²) in [5, 5.41) is 11.1. The van der Waals surface area contributed by atoms with E-state index in [4.69, 9.17) is 4.74 Å². The first-order valence-corrected chi connectivity index (χ1v) is 8.56. The summed E-state index contributed by atoms with van der Waals surface area (Å²) in [5.74, 6) is 0.377. The molecular formula is C21H21N3O2. The fraction of sp³-hybridized carbons (Fsp3) is 0.190. The lowest BCUT2D eigenvalue weighted by Crippen LogP contribution is -2.24. The molecule has 26 heavy (non-hydrogen) atoms. The van der Waals surface area contributed by atoms with Crippen LogP contribution in [0, 0.1) is 0 Å². The molecule has 0 atom stereocenters. The first-order chi connectivity index (χ1) is 12.8. The first-order valence-electron chi connectivity index (χ1n) is 8.56. The molecule has 0 unspecified atom stereocenters. The lowest BCUT2D eigenvalue weighted by Gasteiger charge is -2.07. The summed E-state index contributed by atoms with van der Waals surface area (Å²) < 4.78 is 5.02. The fourth-order valence-electron chi connectivity index (χ4n) is 2.64. The largest absolute Gasteiger partial charge is 0.480 e. The SMILES string of the molecule is COc1ccc(-c2cccc(C(=O)NCCCc3ccccc3)c2)nn1. The van der Waals surface area contributed by atoms with Crippen LogP contribution in [0.1, 0.15) is 22.3 Å². The molecule has 0 radical (unpaired) electrons. The van der Waals surface area contributed by atoms with E-state index in [2.05, 4.69) is 27.6 Å². The smallest absolute Gasteiger partial charge is 0.251 e. The maximum atomic E-state index is 12.4. The molecule has 1 heterocycles. The number of hydrogen-bond acceptors (Lipinski definition) is 4. The van der Waals surface area contributed by atoms with Crippen LogP contribution in [-0.2, 0) is 6.42 Å². The summed E-state index contributed by atoms with van der Waals surface area (Å²) in [4.78, 5) is 12.4. The number of benzene rings is 2. The number of hydrogen-bond donors (Lipinski definition) is 1. The van der Waals surface area contributed by atoms with Crippen molar-refractivity contribution in [1.29, 1.82) is 0 Å². The maximum absolute atomic E-state index is 12.4. The zero-order valence-electron chi connectivity index (χ0n) is 14.7. The number of carbonyl (C=O) groups is 1. The number of methoxy groups -OCH3 is 1. The van der Waals surface area contributed by atoms with Crippen molar-refractivity contribution in [3.8, 4) is 17.1 Å². The summed E-state index contributed by atoms with van der Waals surface area (Å²) in [5.41, 5.74) is 3.43. The van der Waals surface area contributed by atoms with E-state index >= 15 is 0 Å². The molecule has 0 saturated carbocycles. The van der Waals surface area contributed by atoms with Gasteiger partial charge in [0, 0.05) is 23.7 Å². The van der Waals surface area contributed by atoms with Gasteiger partial charge < -0.3 is 10.1 Å². The minimum atomic E-state index is -0.0821. The van der Waals surface area contributed by atoms with Crippen molar-refractivity contribution >= 4 is 5.91 Å². The highest BCUT2D eigenvalue weighted by Gasteiger charge is 2.08. The zero-order chi connectivity index (χ0) is 18.2. The molecule has 1 N–H and O–H groups in total. The van der Waals surface area contributed by atoms with E-state index in [0.717, 1.165) is 18.4 Å². The first kappa shape index (κ1) is 17.6. The van der Waals surface area contributed by atoms with Crippen LogP contribution >= 0.6 is 0 Å². The molecule has 5 heteroatoms. The Morgan fingerprint density at radius 2 is 1.85 bits per heavy atom. The van der Waals surface area contributed by atoms with Crippen molar-refractivity contribution in [3.63, 3.8) is 0 Å². The highest BCUT2D eigenvalue weighted by Crippen LogP contribution is 2.19. The molecule has 0 spiro atoms. The zero-order valence-corrected chi connectivity index (χ0v) is 14.7. The second kappa shape index (κ2) is 8.76. The van der Waals surface area contributed by atoms with Gasteiger partial charge in [-0.15, -0.1) is 10.2 Å². The number of nitrogens with zero attached hydrogens (tertiary/aromatic N) is 2. The summed E-state index contributed by atoms with van der Waals surface area (Å²) in [6, 6.07) is 21.2. The van der Waals surface area contributed by atoms with Gasteiger partial charge in [-0.05, 0) is 36.6 Å². The third-order valence-electron chi connectivity index (χ3n) is 4.04. The van der Waals surface area contributed by atoms with Gasteiger partial charge in [0.15, 0.2) is 0 Å². The Hall–Kier alpha value is -3.21. The molecule has 3 aromatic rings. The third kappa shape index (κ3) is 4.66. The quantitative estimate of drug-likeness (QED) is 0.664. The van der Waals surface area contributed by atoms with Crippen molar-refractivity contribution in [1.82, 2.24) is 15.5 Å². The summed E-state index contributed by atoms with van der Waals surface area (Å²) in [7, 11) is 1.55. The fourth-order valence-corrected chi connectivity index (χ4v) is 2.64. The average Bonchev–Trinajstić information content (AvgIpc) is 2.72. The summed E-state index contributed by atoms with van der Waals surface area (Å²) in [6.07, 6.45) is 1.85. The highest BCUT2D eigenvalue weighted by atomic mass is 16.5. The van der Waals surface area contributed by atoms with E-state index in [1.807, 2.05) is 42.5 Å². The van der Waals surface area contributed by atoms with Crippen LogP contribution in [0.25, 0.3) is 11.3 Å². The van der Waals surface area contributed by atoms with Crippen LogP contribution in [0.15, 0.2) is 66.7 Å². The van der Waals surface area contributed by atoms with Crippen LogP contribution in [0.3, 0.4) is 0 Å². The Morgan fingerprint density at radius 1 is 1.00 bits per heavy atom. The van der Waals surface area contributed by atoms with Crippen molar-refractivity contribution in [3.05, 3.63) is 77.9 Å².